The summed E-state index contributed by atoms with van der Waals surface area (Å²) in [5.74, 6) is 0.451. The molecule has 6 nitrogen and oxygen atoms in total. The molecule has 0 N–H and O–H groups in total. The zero-order valence-corrected chi connectivity index (χ0v) is 17.9. The van der Waals surface area contributed by atoms with Gasteiger partial charge in [-0.1, -0.05) is 23.8 Å². The van der Waals surface area contributed by atoms with Gasteiger partial charge < -0.3 is 4.74 Å². The van der Waals surface area contributed by atoms with Crippen LogP contribution in [0.3, 0.4) is 0 Å². The van der Waals surface area contributed by atoms with Crippen LogP contribution in [0.4, 0.5) is 0 Å². The monoisotopic (exact) mass is 415 g/mol. The lowest BCUT2D eigenvalue weighted by molar-refractivity contribution is -0.0600. The van der Waals surface area contributed by atoms with E-state index in [1.54, 1.807) is 22.6 Å². The van der Waals surface area contributed by atoms with E-state index in [2.05, 4.69) is 16.9 Å². The Morgan fingerprint density at radius 1 is 1.21 bits per heavy atom. The first-order valence-corrected chi connectivity index (χ1v) is 11.6. The predicted octanol–water partition coefficient (Wildman–Crippen LogP) is 2.69. The minimum absolute atomic E-state index is 0.0711. The number of aryl methyl sites for hydroxylation is 1. The number of hydrogen-bond acceptors (Lipinski definition) is 5. The van der Waals surface area contributed by atoms with E-state index in [9.17, 15) is 8.42 Å². The molecule has 2 aliphatic rings. The van der Waals surface area contributed by atoms with Crippen LogP contribution in [0.2, 0.25) is 0 Å². The minimum Gasteiger partial charge on any atom is -0.376 e. The van der Waals surface area contributed by atoms with Gasteiger partial charge in [-0.25, -0.2) is 8.42 Å². The van der Waals surface area contributed by atoms with E-state index >= 15 is 0 Å². The molecule has 1 spiro atoms. The summed E-state index contributed by atoms with van der Waals surface area (Å²) in [7, 11) is -1.31. The topological polar surface area (TPSA) is 62.7 Å². The summed E-state index contributed by atoms with van der Waals surface area (Å²) in [4.78, 5) is 6.84. The van der Waals surface area contributed by atoms with Crippen molar-refractivity contribution >= 4 is 10.0 Å². The molecule has 0 saturated carbocycles. The van der Waals surface area contributed by atoms with Gasteiger partial charge in [0.1, 0.15) is 0 Å². The number of benzene rings is 1. The van der Waals surface area contributed by atoms with Gasteiger partial charge in [0.15, 0.2) is 0 Å². The maximum atomic E-state index is 12.9. The van der Waals surface area contributed by atoms with Gasteiger partial charge in [-0.15, -0.1) is 0 Å². The molecule has 7 heteroatoms. The number of likely N-dealkylation sites (N-methyl/N-ethyl adjacent to an activating group) is 1. The fraction of sp³-hybridized carbons (Fsp3) is 0.500. The van der Waals surface area contributed by atoms with Gasteiger partial charge in [-0.2, -0.15) is 4.31 Å². The number of likely N-dealkylation sites (tertiary alicyclic amines) is 1. The number of ether oxygens (including phenoxy) is 1. The van der Waals surface area contributed by atoms with Gasteiger partial charge >= 0.3 is 0 Å². The van der Waals surface area contributed by atoms with Crippen LogP contribution in [0.5, 0.6) is 0 Å². The number of aromatic nitrogens is 1. The average Bonchev–Trinajstić information content (AvgIpc) is 2.68. The van der Waals surface area contributed by atoms with Crippen molar-refractivity contribution in [2.75, 3.05) is 33.3 Å². The van der Waals surface area contributed by atoms with E-state index in [1.165, 1.54) is 0 Å². The smallest absolute Gasteiger partial charge is 0.243 e. The van der Waals surface area contributed by atoms with E-state index in [4.69, 9.17) is 4.74 Å². The van der Waals surface area contributed by atoms with Crippen molar-refractivity contribution in [1.82, 2.24) is 14.2 Å². The molecule has 0 radical (unpaired) electrons. The largest absolute Gasteiger partial charge is 0.376 e. The SMILES string of the molecule is Cc1ccc(S(=O)(=O)N2CC3(CC(COCc4cccnc4)CCN3C)C2)cc1. The number of pyridine rings is 1. The van der Waals surface area contributed by atoms with Gasteiger partial charge in [-0.3, -0.25) is 9.88 Å². The zero-order valence-electron chi connectivity index (χ0n) is 17.1. The van der Waals surface area contributed by atoms with Crippen LogP contribution in [-0.2, 0) is 21.4 Å². The molecule has 2 fully saturated rings. The molecule has 2 aromatic rings. The molecule has 1 aromatic carbocycles. The van der Waals surface area contributed by atoms with Gasteiger partial charge in [0, 0.05) is 37.6 Å². The van der Waals surface area contributed by atoms with E-state index in [-0.39, 0.29) is 5.54 Å². The van der Waals surface area contributed by atoms with Crippen LogP contribution in [0, 0.1) is 12.8 Å². The highest BCUT2D eigenvalue weighted by atomic mass is 32.2. The van der Waals surface area contributed by atoms with E-state index in [1.807, 2.05) is 37.4 Å². The second-order valence-electron chi connectivity index (χ2n) is 8.47. The van der Waals surface area contributed by atoms with Crippen molar-refractivity contribution in [2.45, 2.75) is 36.8 Å². The Bertz CT molecular complexity index is 926. The number of rotatable bonds is 6. The summed E-state index contributed by atoms with van der Waals surface area (Å²) in [5.41, 5.74) is 2.07. The highest BCUT2D eigenvalue weighted by Crippen LogP contribution is 2.40. The molecule has 0 bridgehead atoms. The number of sulfonamides is 1. The second-order valence-corrected chi connectivity index (χ2v) is 10.4. The van der Waals surface area contributed by atoms with Crippen LogP contribution in [-0.4, -0.2) is 61.4 Å². The van der Waals surface area contributed by atoms with Crippen molar-refractivity contribution < 1.29 is 13.2 Å². The molecule has 1 atom stereocenters. The molecular weight excluding hydrogens is 386 g/mol. The van der Waals surface area contributed by atoms with Crippen LogP contribution in [0.25, 0.3) is 0 Å². The first-order valence-electron chi connectivity index (χ1n) is 10.1. The Labute approximate surface area is 173 Å². The summed E-state index contributed by atoms with van der Waals surface area (Å²) in [5, 5.41) is 0. The Hall–Kier alpha value is -1.80. The minimum atomic E-state index is -3.42. The molecule has 156 valence electrons. The summed E-state index contributed by atoms with van der Waals surface area (Å²) in [6.45, 7) is 5.32. The quantitative estimate of drug-likeness (QED) is 0.726. The van der Waals surface area contributed by atoms with Crippen molar-refractivity contribution in [3.63, 3.8) is 0 Å². The maximum Gasteiger partial charge on any atom is 0.243 e. The molecule has 2 saturated heterocycles. The molecule has 3 heterocycles. The number of hydrogen-bond donors (Lipinski definition) is 0. The fourth-order valence-corrected chi connectivity index (χ4v) is 5.99. The fourth-order valence-electron chi connectivity index (χ4n) is 4.39. The Morgan fingerprint density at radius 2 is 1.97 bits per heavy atom. The normalized spacial score (nSPS) is 22.5. The zero-order chi connectivity index (χ0) is 20.5. The lowest BCUT2D eigenvalue weighted by atomic mass is 9.77. The molecule has 1 unspecified atom stereocenters. The Balaban J connectivity index is 1.35. The second kappa shape index (κ2) is 8.14. The van der Waals surface area contributed by atoms with Gasteiger partial charge in [0.05, 0.1) is 11.5 Å². The van der Waals surface area contributed by atoms with Gasteiger partial charge in [0.25, 0.3) is 0 Å². The molecule has 2 aliphatic heterocycles. The van der Waals surface area contributed by atoms with Crippen molar-refractivity contribution in [2.24, 2.45) is 5.92 Å². The molecule has 0 amide bonds. The van der Waals surface area contributed by atoms with E-state index in [0.717, 1.165) is 30.5 Å². The lowest BCUT2D eigenvalue weighted by Gasteiger charge is -2.57. The van der Waals surface area contributed by atoms with Gasteiger partial charge in [-0.05, 0) is 63.0 Å². The highest BCUT2D eigenvalue weighted by Gasteiger charge is 2.53. The molecule has 0 aliphatic carbocycles. The summed E-state index contributed by atoms with van der Waals surface area (Å²) in [6, 6.07) is 11.0. The first kappa shape index (κ1) is 20.5. The molecular formula is C22H29N3O3S. The molecule has 4 rings (SSSR count). The van der Waals surface area contributed by atoms with Crippen LogP contribution in [0.15, 0.2) is 53.7 Å². The summed E-state index contributed by atoms with van der Waals surface area (Å²) in [6.07, 6.45) is 5.64. The Morgan fingerprint density at radius 3 is 2.66 bits per heavy atom. The van der Waals surface area contributed by atoms with E-state index < -0.39 is 10.0 Å². The third-order valence-electron chi connectivity index (χ3n) is 6.30. The average molecular weight is 416 g/mol. The van der Waals surface area contributed by atoms with Crippen molar-refractivity contribution in [3.8, 4) is 0 Å². The third kappa shape index (κ3) is 4.23. The lowest BCUT2D eigenvalue weighted by Crippen LogP contribution is -2.72. The Kier molecular flexibility index (Phi) is 5.75. The highest BCUT2D eigenvalue weighted by molar-refractivity contribution is 7.89. The molecule has 1 aromatic heterocycles. The predicted molar refractivity (Wildman–Crippen MR) is 112 cm³/mol. The van der Waals surface area contributed by atoms with Crippen molar-refractivity contribution in [3.05, 3.63) is 59.9 Å². The molecule has 29 heavy (non-hydrogen) atoms. The number of nitrogens with zero attached hydrogens (tertiary/aromatic N) is 3. The van der Waals surface area contributed by atoms with Crippen LogP contribution < -0.4 is 0 Å². The number of piperidine rings is 1. The standard InChI is InChI=1S/C22H29N3O3S/c1-18-5-7-21(8-6-18)29(26,27)25-16-22(17-25)12-19(9-11-24(22)2)14-28-15-20-4-3-10-23-13-20/h3-8,10,13,19H,9,11-12,14-17H2,1-2H3. The maximum absolute atomic E-state index is 12.9. The van der Waals surface area contributed by atoms with Crippen molar-refractivity contribution in [1.29, 1.82) is 0 Å². The van der Waals surface area contributed by atoms with E-state index in [0.29, 0.717) is 37.1 Å². The third-order valence-corrected chi connectivity index (χ3v) is 8.10. The van der Waals surface area contributed by atoms with Crippen LogP contribution >= 0.6 is 0 Å². The van der Waals surface area contributed by atoms with Gasteiger partial charge in [0.2, 0.25) is 10.0 Å². The van der Waals surface area contributed by atoms with Crippen LogP contribution in [0.1, 0.15) is 24.0 Å². The first-order chi connectivity index (χ1) is 13.9. The summed E-state index contributed by atoms with van der Waals surface area (Å²) >= 11 is 0. The summed E-state index contributed by atoms with van der Waals surface area (Å²) < 4.78 is 33.4.